The highest BCUT2D eigenvalue weighted by Crippen LogP contribution is 2.38. The first kappa shape index (κ1) is 22.1. The Bertz CT molecular complexity index is 923. The van der Waals surface area contributed by atoms with Crippen molar-refractivity contribution in [2.45, 2.75) is 38.4 Å². The van der Waals surface area contributed by atoms with Gasteiger partial charge in [-0.25, -0.2) is 0 Å². The normalized spacial score (nSPS) is 16.0. The molecule has 0 spiro atoms. The number of aromatic nitrogens is 1. The highest BCUT2D eigenvalue weighted by atomic mass is 19.4. The molecule has 0 aliphatic carbocycles. The average Bonchev–Trinajstić information content (AvgIpc) is 2.71. The minimum atomic E-state index is -4.18. The zero-order chi connectivity index (χ0) is 22.1. The molecule has 2 aromatic rings. The molecular formula is C21H26F3N3O3. The van der Waals surface area contributed by atoms with E-state index in [9.17, 15) is 23.1 Å². The fraction of sp³-hybridized carbons (Fsp3) is 0.524. The lowest BCUT2D eigenvalue weighted by Crippen LogP contribution is -2.46. The number of carbonyl (C=O) groups excluding carboxylic acids is 1. The van der Waals surface area contributed by atoms with Gasteiger partial charge in [-0.2, -0.15) is 13.2 Å². The minimum Gasteiger partial charge on any atom is -0.497 e. The number of ether oxygens (including phenoxy) is 1. The number of hydrogen-bond donors (Lipinski definition) is 2. The maximum Gasteiger partial charge on any atom is 0.391 e. The number of fused-ring (bicyclic) bond motifs is 1. The van der Waals surface area contributed by atoms with E-state index < -0.39 is 17.6 Å². The molecule has 1 aromatic heterocycles. The summed E-state index contributed by atoms with van der Waals surface area (Å²) >= 11 is 0. The van der Waals surface area contributed by atoms with Crippen molar-refractivity contribution < 1.29 is 27.8 Å². The molecule has 164 valence electrons. The highest BCUT2D eigenvalue weighted by Gasteiger charge is 2.41. The zero-order valence-electron chi connectivity index (χ0n) is 17.2. The molecule has 1 aliphatic rings. The largest absolute Gasteiger partial charge is 0.497 e. The maximum absolute atomic E-state index is 13.0. The van der Waals surface area contributed by atoms with Crippen LogP contribution in [0, 0.1) is 5.92 Å². The molecular weight excluding hydrogens is 399 g/mol. The third kappa shape index (κ3) is 4.77. The van der Waals surface area contributed by atoms with E-state index in [-0.39, 0.29) is 38.4 Å². The van der Waals surface area contributed by atoms with Gasteiger partial charge >= 0.3 is 6.18 Å². The smallest absolute Gasteiger partial charge is 0.391 e. The first-order valence-corrected chi connectivity index (χ1v) is 9.77. The SMILES string of the molecule is COc1cc(N2CCC(C(F)(F)F)CC2)c2ncc(C(=O)NC(C)(C)CO)cc2c1. The summed E-state index contributed by atoms with van der Waals surface area (Å²) in [6, 6.07) is 5.17. The van der Waals surface area contributed by atoms with E-state index in [2.05, 4.69) is 10.3 Å². The van der Waals surface area contributed by atoms with Gasteiger partial charge in [0.05, 0.1) is 41.9 Å². The Morgan fingerprint density at radius 3 is 2.50 bits per heavy atom. The Balaban J connectivity index is 1.92. The Hall–Kier alpha value is -2.55. The molecule has 0 radical (unpaired) electrons. The molecule has 2 heterocycles. The van der Waals surface area contributed by atoms with Gasteiger partial charge in [-0.3, -0.25) is 9.78 Å². The second-order valence-corrected chi connectivity index (χ2v) is 8.24. The minimum absolute atomic E-state index is 0.0267. The predicted octanol–water partition coefficient (Wildman–Crippen LogP) is 3.52. The second-order valence-electron chi connectivity index (χ2n) is 8.24. The van der Waals surface area contributed by atoms with Gasteiger partial charge in [0.25, 0.3) is 5.91 Å². The average molecular weight is 425 g/mol. The number of carbonyl (C=O) groups is 1. The van der Waals surface area contributed by atoms with E-state index in [1.807, 2.05) is 4.90 Å². The van der Waals surface area contributed by atoms with Crippen molar-refractivity contribution in [3.8, 4) is 5.75 Å². The van der Waals surface area contributed by atoms with Crippen LogP contribution in [0.3, 0.4) is 0 Å². The number of piperidine rings is 1. The molecule has 9 heteroatoms. The highest BCUT2D eigenvalue weighted by molar-refractivity contribution is 6.00. The van der Waals surface area contributed by atoms with E-state index in [0.717, 1.165) is 0 Å². The molecule has 30 heavy (non-hydrogen) atoms. The molecule has 0 bridgehead atoms. The summed E-state index contributed by atoms with van der Waals surface area (Å²) in [5, 5.41) is 12.7. The topological polar surface area (TPSA) is 74.7 Å². The number of alkyl halides is 3. The zero-order valence-corrected chi connectivity index (χ0v) is 17.2. The molecule has 1 aromatic carbocycles. The summed E-state index contributed by atoms with van der Waals surface area (Å²) in [7, 11) is 1.51. The van der Waals surface area contributed by atoms with E-state index in [4.69, 9.17) is 4.74 Å². The standard InChI is InChI=1S/C21H26F3N3O3/c1-20(2,12-28)26-19(29)14-8-13-9-16(30-3)10-17(18(13)25-11-14)27-6-4-15(5-7-27)21(22,23)24/h8-11,15,28H,4-7,12H2,1-3H3,(H,26,29). The van der Waals surface area contributed by atoms with Crippen molar-refractivity contribution in [1.82, 2.24) is 10.3 Å². The van der Waals surface area contributed by atoms with Gasteiger partial charge in [0.1, 0.15) is 5.75 Å². The van der Waals surface area contributed by atoms with Gasteiger partial charge in [-0.15, -0.1) is 0 Å². The predicted molar refractivity (Wildman–Crippen MR) is 108 cm³/mol. The summed E-state index contributed by atoms with van der Waals surface area (Å²) in [5.41, 5.74) is 0.819. The number of benzene rings is 1. The van der Waals surface area contributed by atoms with Gasteiger partial charge < -0.3 is 20.1 Å². The van der Waals surface area contributed by atoms with Gasteiger partial charge in [0.2, 0.25) is 0 Å². The molecule has 1 amide bonds. The van der Waals surface area contributed by atoms with Crippen LogP contribution in [0.5, 0.6) is 5.75 Å². The number of nitrogens with zero attached hydrogens (tertiary/aromatic N) is 2. The quantitative estimate of drug-likeness (QED) is 0.767. The lowest BCUT2D eigenvalue weighted by Gasteiger charge is -2.34. The van der Waals surface area contributed by atoms with Crippen LogP contribution in [0.25, 0.3) is 10.9 Å². The van der Waals surface area contributed by atoms with Crippen LogP contribution in [0.4, 0.5) is 18.9 Å². The third-order valence-electron chi connectivity index (χ3n) is 5.38. The molecule has 1 saturated heterocycles. The Labute approximate surface area is 173 Å². The van der Waals surface area contributed by atoms with Gasteiger partial charge in [-0.05, 0) is 38.8 Å². The van der Waals surface area contributed by atoms with Crippen LogP contribution in [-0.4, -0.2) is 54.5 Å². The number of anilines is 1. The van der Waals surface area contributed by atoms with Crippen LogP contribution < -0.4 is 15.0 Å². The molecule has 1 aliphatic heterocycles. The first-order chi connectivity index (χ1) is 14.0. The fourth-order valence-electron chi connectivity index (χ4n) is 3.55. The Morgan fingerprint density at radius 2 is 1.93 bits per heavy atom. The summed E-state index contributed by atoms with van der Waals surface area (Å²) in [5.74, 6) is -1.13. The van der Waals surface area contributed by atoms with E-state index in [1.54, 1.807) is 32.0 Å². The third-order valence-corrected chi connectivity index (χ3v) is 5.38. The van der Waals surface area contributed by atoms with Gasteiger partial charge in [0.15, 0.2) is 0 Å². The van der Waals surface area contributed by atoms with Crippen molar-refractivity contribution in [3.05, 3.63) is 30.0 Å². The van der Waals surface area contributed by atoms with Crippen LogP contribution >= 0.6 is 0 Å². The Morgan fingerprint density at radius 1 is 1.27 bits per heavy atom. The molecule has 1 fully saturated rings. The van der Waals surface area contributed by atoms with Crippen molar-refractivity contribution in [2.24, 2.45) is 5.92 Å². The molecule has 0 atom stereocenters. The molecule has 6 nitrogen and oxygen atoms in total. The number of aliphatic hydroxyl groups is 1. The van der Waals surface area contributed by atoms with Crippen molar-refractivity contribution in [2.75, 3.05) is 31.7 Å². The van der Waals surface area contributed by atoms with Crippen LogP contribution in [-0.2, 0) is 0 Å². The van der Waals surface area contributed by atoms with Crippen LogP contribution in [0.15, 0.2) is 24.4 Å². The van der Waals surface area contributed by atoms with E-state index >= 15 is 0 Å². The number of methoxy groups -OCH3 is 1. The molecule has 2 N–H and O–H groups in total. The van der Waals surface area contributed by atoms with Crippen molar-refractivity contribution in [3.63, 3.8) is 0 Å². The van der Waals surface area contributed by atoms with E-state index in [0.29, 0.717) is 27.9 Å². The summed E-state index contributed by atoms with van der Waals surface area (Å²) in [6.07, 6.45) is -2.69. The number of aliphatic hydroxyl groups excluding tert-OH is 1. The van der Waals surface area contributed by atoms with Gasteiger partial charge in [0, 0.05) is 30.7 Å². The summed E-state index contributed by atoms with van der Waals surface area (Å²) < 4.78 is 44.4. The van der Waals surface area contributed by atoms with Crippen molar-refractivity contribution in [1.29, 1.82) is 0 Å². The Kier molecular flexibility index (Phi) is 6.12. The van der Waals surface area contributed by atoms with Crippen LogP contribution in [0.2, 0.25) is 0 Å². The lowest BCUT2D eigenvalue weighted by molar-refractivity contribution is -0.179. The number of rotatable bonds is 5. The number of halogens is 3. The number of nitrogens with one attached hydrogen (secondary N) is 1. The maximum atomic E-state index is 13.0. The number of amides is 1. The van der Waals surface area contributed by atoms with E-state index in [1.165, 1.54) is 13.3 Å². The second kappa shape index (κ2) is 8.29. The number of hydrogen-bond acceptors (Lipinski definition) is 5. The van der Waals surface area contributed by atoms with Crippen molar-refractivity contribution >= 4 is 22.5 Å². The molecule has 3 rings (SSSR count). The number of pyridine rings is 1. The monoisotopic (exact) mass is 425 g/mol. The fourth-order valence-corrected chi connectivity index (χ4v) is 3.55. The first-order valence-electron chi connectivity index (χ1n) is 9.77. The summed E-state index contributed by atoms with van der Waals surface area (Å²) in [4.78, 5) is 18.8. The summed E-state index contributed by atoms with van der Waals surface area (Å²) in [6.45, 7) is 3.71. The molecule has 0 saturated carbocycles. The van der Waals surface area contributed by atoms with Gasteiger partial charge in [-0.1, -0.05) is 0 Å². The molecule has 0 unspecified atom stereocenters. The van der Waals surface area contributed by atoms with Crippen LogP contribution in [0.1, 0.15) is 37.0 Å². The lowest BCUT2D eigenvalue weighted by atomic mass is 9.95.